The van der Waals surface area contributed by atoms with E-state index >= 15 is 0 Å². The molecule has 4 nitrogen and oxygen atoms in total. The summed E-state index contributed by atoms with van der Waals surface area (Å²) in [6.45, 7) is 0. The summed E-state index contributed by atoms with van der Waals surface area (Å²) >= 11 is 0. The third kappa shape index (κ3) is 1.50. The summed E-state index contributed by atoms with van der Waals surface area (Å²) in [7, 11) is 0. The van der Waals surface area contributed by atoms with E-state index in [-0.39, 0.29) is 5.56 Å². The number of aromatic carboxylic acids is 1. The number of aromatic nitrogens is 2. The molecule has 0 aliphatic carbocycles. The molecule has 0 spiro atoms. The standard InChI is InChI=1S/C10H8N2O2/c13-10(14)8-3-1-7(2-4-8)9-5-6-11-12-9/h1-6H,(H,11,12)(H,13,14)/p-1. The van der Waals surface area contributed by atoms with Crippen LogP contribution >= 0.6 is 0 Å². The summed E-state index contributed by atoms with van der Waals surface area (Å²) in [4.78, 5) is 10.5. The predicted octanol–water partition coefficient (Wildman–Crippen LogP) is 0.440. The van der Waals surface area contributed by atoms with E-state index in [2.05, 4.69) is 10.2 Å². The Morgan fingerprint density at radius 3 is 2.43 bits per heavy atom. The van der Waals surface area contributed by atoms with Crippen molar-refractivity contribution in [3.63, 3.8) is 0 Å². The SMILES string of the molecule is O=C([O-])c1ccc(-c2ccn[nH]2)cc1. The number of aromatic amines is 1. The van der Waals surface area contributed by atoms with Crippen LogP contribution in [0.1, 0.15) is 10.4 Å². The van der Waals surface area contributed by atoms with Gasteiger partial charge in [0, 0.05) is 6.20 Å². The summed E-state index contributed by atoms with van der Waals surface area (Å²) in [5.74, 6) is -1.17. The van der Waals surface area contributed by atoms with Crippen molar-refractivity contribution in [2.75, 3.05) is 0 Å². The second kappa shape index (κ2) is 3.33. The average molecular weight is 187 g/mol. The number of carbonyl (C=O) groups is 1. The predicted molar refractivity (Wildman–Crippen MR) is 48.4 cm³/mol. The molecule has 0 saturated heterocycles. The fraction of sp³-hybridized carbons (Fsp3) is 0. The van der Waals surface area contributed by atoms with Crippen molar-refractivity contribution in [1.82, 2.24) is 10.2 Å². The number of H-pyrrole nitrogens is 1. The lowest BCUT2D eigenvalue weighted by atomic mass is 10.1. The second-order valence-corrected chi connectivity index (χ2v) is 2.84. The number of carbonyl (C=O) groups excluding carboxylic acids is 1. The first kappa shape index (κ1) is 8.50. The van der Waals surface area contributed by atoms with Gasteiger partial charge in [0.25, 0.3) is 0 Å². The summed E-state index contributed by atoms with van der Waals surface area (Å²) in [6.07, 6.45) is 1.64. The Labute approximate surface area is 80.2 Å². The van der Waals surface area contributed by atoms with E-state index in [1.165, 1.54) is 12.1 Å². The Morgan fingerprint density at radius 1 is 1.21 bits per heavy atom. The van der Waals surface area contributed by atoms with Crippen molar-refractivity contribution in [2.24, 2.45) is 0 Å². The minimum atomic E-state index is -1.17. The number of hydrogen-bond donors (Lipinski definition) is 1. The maximum atomic E-state index is 10.5. The van der Waals surface area contributed by atoms with Crippen molar-refractivity contribution in [1.29, 1.82) is 0 Å². The number of carboxylic acid groups (broad SMARTS) is 1. The van der Waals surface area contributed by atoms with E-state index in [4.69, 9.17) is 0 Å². The van der Waals surface area contributed by atoms with Crippen LogP contribution in [0.25, 0.3) is 11.3 Å². The number of rotatable bonds is 2. The van der Waals surface area contributed by atoms with Gasteiger partial charge in [0.05, 0.1) is 11.7 Å². The van der Waals surface area contributed by atoms with Gasteiger partial charge in [-0.3, -0.25) is 5.10 Å². The molecule has 1 N–H and O–H groups in total. The van der Waals surface area contributed by atoms with Crippen LogP contribution in [0.15, 0.2) is 36.5 Å². The van der Waals surface area contributed by atoms with E-state index < -0.39 is 5.97 Å². The summed E-state index contributed by atoms with van der Waals surface area (Å²) in [6, 6.07) is 8.24. The lowest BCUT2D eigenvalue weighted by Crippen LogP contribution is -2.21. The van der Waals surface area contributed by atoms with Crippen LogP contribution in [0.5, 0.6) is 0 Å². The van der Waals surface area contributed by atoms with Gasteiger partial charge in [-0.15, -0.1) is 0 Å². The van der Waals surface area contributed by atoms with Crippen LogP contribution in [0.2, 0.25) is 0 Å². The molecule has 1 aromatic carbocycles. The third-order valence-corrected chi connectivity index (χ3v) is 1.93. The summed E-state index contributed by atoms with van der Waals surface area (Å²) in [5.41, 5.74) is 1.93. The molecule has 1 aromatic heterocycles. The fourth-order valence-electron chi connectivity index (χ4n) is 1.20. The Morgan fingerprint density at radius 2 is 1.93 bits per heavy atom. The minimum absolute atomic E-state index is 0.174. The van der Waals surface area contributed by atoms with Crippen LogP contribution in [0.3, 0.4) is 0 Å². The molecule has 0 atom stereocenters. The molecule has 70 valence electrons. The first-order valence-electron chi connectivity index (χ1n) is 4.08. The molecular weight excluding hydrogens is 180 g/mol. The zero-order valence-electron chi connectivity index (χ0n) is 7.23. The molecule has 2 aromatic rings. The number of carboxylic acids is 1. The highest BCUT2D eigenvalue weighted by atomic mass is 16.4. The molecule has 0 saturated carbocycles. The summed E-state index contributed by atoms with van der Waals surface area (Å²) < 4.78 is 0. The quantitative estimate of drug-likeness (QED) is 0.741. The fourth-order valence-corrected chi connectivity index (χ4v) is 1.20. The van der Waals surface area contributed by atoms with E-state index in [0.717, 1.165) is 11.3 Å². The second-order valence-electron chi connectivity index (χ2n) is 2.84. The zero-order chi connectivity index (χ0) is 9.97. The molecule has 2 rings (SSSR count). The molecule has 0 fully saturated rings. The highest BCUT2D eigenvalue weighted by molar-refractivity contribution is 5.86. The van der Waals surface area contributed by atoms with Crippen molar-refractivity contribution in [3.05, 3.63) is 42.1 Å². The summed E-state index contributed by atoms with van der Waals surface area (Å²) in [5, 5.41) is 17.1. The highest BCUT2D eigenvalue weighted by Gasteiger charge is 1.98. The molecular formula is C10H7N2O2-. The molecule has 1 heterocycles. The minimum Gasteiger partial charge on any atom is -0.545 e. The van der Waals surface area contributed by atoms with Crippen LogP contribution in [-0.4, -0.2) is 16.2 Å². The van der Waals surface area contributed by atoms with Crippen molar-refractivity contribution in [3.8, 4) is 11.3 Å². The lowest BCUT2D eigenvalue weighted by molar-refractivity contribution is -0.255. The van der Waals surface area contributed by atoms with Crippen LogP contribution in [-0.2, 0) is 0 Å². The van der Waals surface area contributed by atoms with Crippen molar-refractivity contribution < 1.29 is 9.90 Å². The van der Waals surface area contributed by atoms with Gasteiger partial charge in [-0.05, 0) is 17.2 Å². The number of benzene rings is 1. The Hall–Kier alpha value is -2.10. The van der Waals surface area contributed by atoms with E-state index in [1.54, 1.807) is 18.3 Å². The van der Waals surface area contributed by atoms with Crippen molar-refractivity contribution >= 4 is 5.97 Å². The van der Waals surface area contributed by atoms with Gasteiger partial charge in [0.15, 0.2) is 0 Å². The molecule has 0 aliphatic rings. The monoisotopic (exact) mass is 187 g/mol. The van der Waals surface area contributed by atoms with Gasteiger partial charge < -0.3 is 9.90 Å². The van der Waals surface area contributed by atoms with Crippen LogP contribution < -0.4 is 5.11 Å². The largest absolute Gasteiger partial charge is 0.545 e. The molecule has 0 radical (unpaired) electrons. The molecule has 0 amide bonds. The van der Waals surface area contributed by atoms with Gasteiger partial charge in [-0.2, -0.15) is 5.10 Å². The first-order valence-corrected chi connectivity index (χ1v) is 4.08. The Kier molecular flexibility index (Phi) is 2.02. The van der Waals surface area contributed by atoms with Gasteiger partial charge in [0.1, 0.15) is 0 Å². The number of hydrogen-bond acceptors (Lipinski definition) is 3. The molecule has 0 bridgehead atoms. The number of nitrogens with zero attached hydrogens (tertiary/aromatic N) is 1. The Bertz CT molecular complexity index is 432. The smallest absolute Gasteiger partial charge is 0.0715 e. The van der Waals surface area contributed by atoms with E-state index in [1.807, 2.05) is 6.07 Å². The van der Waals surface area contributed by atoms with Crippen LogP contribution in [0.4, 0.5) is 0 Å². The molecule has 0 unspecified atom stereocenters. The average Bonchev–Trinajstić information content (AvgIpc) is 2.71. The van der Waals surface area contributed by atoms with Gasteiger partial charge >= 0.3 is 0 Å². The van der Waals surface area contributed by atoms with Crippen molar-refractivity contribution in [2.45, 2.75) is 0 Å². The maximum absolute atomic E-state index is 10.5. The Balaban J connectivity index is 2.36. The molecule has 14 heavy (non-hydrogen) atoms. The maximum Gasteiger partial charge on any atom is 0.0715 e. The van der Waals surface area contributed by atoms with Gasteiger partial charge in [0.2, 0.25) is 0 Å². The zero-order valence-corrected chi connectivity index (χ0v) is 7.23. The molecule has 4 heteroatoms. The third-order valence-electron chi connectivity index (χ3n) is 1.93. The number of nitrogens with one attached hydrogen (secondary N) is 1. The van der Waals surface area contributed by atoms with E-state index in [9.17, 15) is 9.90 Å². The first-order chi connectivity index (χ1) is 6.77. The van der Waals surface area contributed by atoms with Crippen LogP contribution in [0, 0.1) is 0 Å². The topological polar surface area (TPSA) is 68.8 Å². The molecule has 0 aliphatic heterocycles. The lowest BCUT2D eigenvalue weighted by Gasteiger charge is -2.02. The highest BCUT2D eigenvalue weighted by Crippen LogP contribution is 2.16. The normalized spacial score (nSPS) is 10.0. The van der Waals surface area contributed by atoms with E-state index in [0.29, 0.717) is 0 Å². The van der Waals surface area contributed by atoms with Gasteiger partial charge in [-0.25, -0.2) is 0 Å². The van der Waals surface area contributed by atoms with Gasteiger partial charge in [-0.1, -0.05) is 24.3 Å².